The predicted octanol–water partition coefficient (Wildman–Crippen LogP) is 2.07. The first-order valence-electron chi connectivity index (χ1n) is 6.23. The van der Waals surface area contributed by atoms with E-state index in [0.717, 1.165) is 0 Å². The number of nitrogens with one attached hydrogen (secondary N) is 2. The molecule has 0 aliphatic heterocycles. The number of anilines is 1. The molecule has 2 aromatic rings. The normalized spacial score (nSPS) is 10.2. The highest BCUT2D eigenvalue weighted by atomic mass is 19.1. The van der Waals surface area contributed by atoms with Gasteiger partial charge in [0.15, 0.2) is 5.75 Å². The van der Waals surface area contributed by atoms with Crippen LogP contribution < -0.4 is 21.3 Å². The number of pyridine rings is 1. The minimum absolute atomic E-state index is 0.0132. The Morgan fingerprint density at radius 1 is 1.38 bits per heavy atom. The summed E-state index contributed by atoms with van der Waals surface area (Å²) in [6.45, 7) is 2.11. The van der Waals surface area contributed by atoms with Crippen LogP contribution in [-0.2, 0) is 0 Å². The lowest BCUT2D eigenvalue weighted by atomic mass is 10.1. The molecule has 0 aliphatic carbocycles. The van der Waals surface area contributed by atoms with Gasteiger partial charge in [-0.1, -0.05) is 6.07 Å². The van der Waals surface area contributed by atoms with Crippen molar-refractivity contribution in [2.45, 2.75) is 6.92 Å². The molecule has 0 radical (unpaired) electrons. The van der Waals surface area contributed by atoms with Crippen LogP contribution in [0.1, 0.15) is 6.92 Å². The molecule has 7 heteroatoms. The Hall–Kier alpha value is -2.83. The Kier molecular flexibility index (Phi) is 4.22. The molecule has 0 bridgehead atoms. The number of carbonyl (C=O) groups is 1. The zero-order chi connectivity index (χ0) is 15.4. The van der Waals surface area contributed by atoms with Gasteiger partial charge >= 0.3 is 6.03 Å². The number of H-pyrrole nitrogens is 1. The number of halogens is 1. The monoisotopic (exact) mass is 291 g/mol. The van der Waals surface area contributed by atoms with Crippen LogP contribution in [-0.4, -0.2) is 17.6 Å². The molecule has 1 aromatic heterocycles. The maximum atomic E-state index is 13.9. The second kappa shape index (κ2) is 6.08. The van der Waals surface area contributed by atoms with Crippen molar-refractivity contribution < 1.29 is 13.9 Å². The molecule has 4 N–H and O–H groups in total. The molecule has 110 valence electrons. The molecule has 0 atom stereocenters. The van der Waals surface area contributed by atoms with Crippen LogP contribution in [0.2, 0.25) is 0 Å². The van der Waals surface area contributed by atoms with Crippen molar-refractivity contribution in [3.05, 3.63) is 46.6 Å². The van der Waals surface area contributed by atoms with Gasteiger partial charge in [0, 0.05) is 11.8 Å². The van der Waals surface area contributed by atoms with Crippen LogP contribution in [0, 0.1) is 5.82 Å². The molecule has 0 fully saturated rings. The maximum Gasteiger partial charge on any atom is 0.316 e. The largest absolute Gasteiger partial charge is 0.488 e. The molecule has 0 aliphatic rings. The van der Waals surface area contributed by atoms with Crippen LogP contribution in [0.5, 0.6) is 5.75 Å². The Morgan fingerprint density at radius 3 is 2.76 bits per heavy atom. The fourth-order valence-corrected chi connectivity index (χ4v) is 1.82. The standard InChI is InChI=1S/C14H14FN3O3/c1-2-21-12-6-9(7-17-13(12)19)8-3-4-11(10(15)5-8)18-14(16)20/h3-7H,2H2,1H3,(H,17,19)(H3,16,18,20). The Labute approximate surface area is 119 Å². The average Bonchev–Trinajstić information content (AvgIpc) is 2.43. The maximum absolute atomic E-state index is 13.9. The first kappa shape index (κ1) is 14.6. The molecule has 0 spiro atoms. The Balaban J connectivity index is 2.38. The smallest absolute Gasteiger partial charge is 0.316 e. The SMILES string of the molecule is CCOc1cc(-c2ccc(NC(N)=O)c(F)c2)c[nH]c1=O. The van der Waals surface area contributed by atoms with Gasteiger partial charge in [-0.05, 0) is 30.7 Å². The van der Waals surface area contributed by atoms with Crippen molar-refractivity contribution in [2.75, 3.05) is 11.9 Å². The van der Waals surface area contributed by atoms with Crippen LogP contribution in [0.3, 0.4) is 0 Å². The van der Waals surface area contributed by atoms with E-state index in [4.69, 9.17) is 10.5 Å². The Bertz CT molecular complexity index is 728. The van der Waals surface area contributed by atoms with E-state index in [-0.39, 0.29) is 17.0 Å². The van der Waals surface area contributed by atoms with E-state index in [0.29, 0.717) is 17.7 Å². The lowest BCUT2D eigenvalue weighted by Gasteiger charge is -2.08. The number of hydrogen-bond acceptors (Lipinski definition) is 3. The van der Waals surface area contributed by atoms with E-state index in [2.05, 4.69) is 10.3 Å². The highest BCUT2D eigenvalue weighted by molar-refractivity contribution is 5.88. The molecule has 0 saturated carbocycles. The van der Waals surface area contributed by atoms with Gasteiger partial charge in [-0.15, -0.1) is 0 Å². The van der Waals surface area contributed by atoms with Crippen molar-refractivity contribution in [1.29, 1.82) is 0 Å². The van der Waals surface area contributed by atoms with Gasteiger partial charge in [0.1, 0.15) is 5.82 Å². The zero-order valence-corrected chi connectivity index (χ0v) is 11.3. The highest BCUT2D eigenvalue weighted by Gasteiger charge is 2.09. The number of primary amides is 1. The van der Waals surface area contributed by atoms with E-state index >= 15 is 0 Å². The molecule has 1 heterocycles. The van der Waals surface area contributed by atoms with Gasteiger partial charge in [-0.25, -0.2) is 9.18 Å². The molecule has 2 amide bonds. The van der Waals surface area contributed by atoms with Gasteiger partial charge < -0.3 is 20.8 Å². The van der Waals surface area contributed by atoms with E-state index in [9.17, 15) is 14.0 Å². The fraction of sp³-hybridized carbons (Fsp3) is 0.143. The van der Waals surface area contributed by atoms with Crippen molar-refractivity contribution in [3.63, 3.8) is 0 Å². The summed E-state index contributed by atoms with van der Waals surface area (Å²) in [4.78, 5) is 24.8. The minimum atomic E-state index is -0.843. The van der Waals surface area contributed by atoms with Gasteiger partial charge in [0.05, 0.1) is 12.3 Å². The molecular weight excluding hydrogens is 277 g/mol. The van der Waals surface area contributed by atoms with Gasteiger partial charge in [0.2, 0.25) is 0 Å². The van der Waals surface area contributed by atoms with E-state index in [1.807, 2.05) is 0 Å². The predicted molar refractivity (Wildman–Crippen MR) is 76.8 cm³/mol. The van der Waals surface area contributed by atoms with E-state index in [1.54, 1.807) is 13.0 Å². The van der Waals surface area contributed by atoms with Crippen molar-refractivity contribution in [1.82, 2.24) is 4.98 Å². The number of aromatic amines is 1. The molecule has 0 saturated heterocycles. The molecule has 0 unspecified atom stereocenters. The quantitative estimate of drug-likeness (QED) is 0.804. The summed E-state index contributed by atoms with van der Waals surface area (Å²) < 4.78 is 19.0. The van der Waals surface area contributed by atoms with E-state index in [1.165, 1.54) is 24.4 Å². The molecular formula is C14H14FN3O3. The lowest BCUT2D eigenvalue weighted by molar-refractivity contribution is 0.259. The second-order valence-electron chi connectivity index (χ2n) is 4.20. The molecule has 1 aromatic carbocycles. The van der Waals surface area contributed by atoms with Gasteiger partial charge in [-0.3, -0.25) is 4.79 Å². The van der Waals surface area contributed by atoms with Crippen LogP contribution in [0.25, 0.3) is 11.1 Å². The van der Waals surface area contributed by atoms with Crippen LogP contribution in [0.15, 0.2) is 35.3 Å². The third-order valence-corrected chi connectivity index (χ3v) is 2.73. The summed E-state index contributed by atoms with van der Waals surface area (Å²) in [5.74, 6) is -0.467. The highest BCUT2D eigenvalue weighted by Crippen LogP contribution is 2.25. The summed E-state index contributed by atoms with van der Waals surface area (Å²) in [7, 11) is 0. The van der Waals surface area contributed by atoms with Crippen molar-refractivity contribution >= 4 is 11.7 Å². The fourth-order valence-electron chi connectivity index (χ4n) is 1.82. The number of amides is 2. The summed E-state index contributed by atoms with van der Waals surface area (Å²) >= 11 is 0. The number of benzene rings is 1. The average molecular weight is 291 g/mol. The third-order valence-electron chi connectivity index (χ3n) is 2.73. The lowest BCUT2D eigenvalue weighted by Crippen LogP contribution is -2.20. The summed E-state index contributed by atoms with van der Waals surface area (Å²) in [5, 5.41) is 2.17. The van der Waals surface area contributed by atoms with Crippen LogP contribution in [0.4, 0.5) is 14.9 Å². The number of nitrogens with two attached hydrogens (primary N) is 1. The van der Waals surface area contributed by atoms with Crippen molar-refractivity contribution in [3.8, 4) is 16.9 Å². The second-order valence-corrected chi connectivity index (χ2v) is 4.20. The topological polar surface area (TPSA) is 97.2 Å². The van der Waals surface area contributed by atoms with E-state index < -0.39 is 11.8 Å². The van der Waals surface area contributed by atoms with Gasteiger partial charge in [0.25, 0.3) is 5.56 Å². The molecule has 21 heavy (non-hydrogen) atoms. The van der Waals surface area contributed by atoms with Gasteiger partial charge in [-0.2, -0.15) is 0 Å². The van der Waals surface area contributed by atoms with Crippen molar-refractivity contribution in [2.24, 2.45) is 5.73 Å². The number of hydrogen-bond donors (Lipinski definition) is 3. The third kappa shape index (κ3) is 3.38. The van der Waals surface area contributed by atoms with Crippen LogP contribution >= 0.6 is 0 Å². The number of urea groups is 1. The minimum Gasteiger partial charge on any atom is -0.488 e. The summed E-state index contributed by atoms with van der Waals surface area (Å²) in [5.41, 5.74) is 5.69. The first-order chi connectivity index (χ1) is 10.0. The summed E-state index contributed by atoms with van der Waals surface area (Å²) in [6, 6.07) is 4.90. The number of carbonyl (C=O) groups excluding carboxylic acids is 1. The Morgan fingerprint density at radius 2 is 2.14 bits per heavy atom. The molecule has 6 nitrogen and oxygen atoms in total. The summed E-state index contributed by atoms with van der Waals surface area (Å²) in [6.07, 6.45) is 1.46. The number of aromatic nitrogens is 1. The number of rotatable bonds is 4. The zero-order valence-electron chi connectivity index (χ0n) is 11.3. The number of ether oxygens (including phenoxy) is 1. The first-order valence-corrected chi connectivity index (χ1v) is 6.23. The molecule has 2 rings (SSSR count).